The molecule has 1 N–H and O–H groups in total. The van der Waals surface area contributed by atoms with Gasteiger partial charge in [0.2, 0.25) is 0 Å². The lowest BCUT2D eigenvalue weighted by molar-refractivity contribution is 0.0953. The summed E-state index contributed by atoms with van der Waals surface area (Å²) in [5, 5.41) is 3.92. The number of nitrogens with one attached hydrogen (secondary N) is 1. The van der Waals surface area contributed by atoms with Gasteiger partial charge >= 0.3 is 0 Å². The third-order valence-corrected chi connectivity index (χ3v) is 3.56. The van der Waals surface area contributed by atoms with Crippen molar-refractivity contribution in [1.29, 1.82) is 0 Å². The Balaban J connectivity index is 2.08. The van der Waals surface area contributed by atoms with Gasteiger partial charge in [-0.2, -0.15) is 5.10 Å². The van der Waals surface area contributed by atoms with Crippen LogP contribution in [0.1, 0.15) is 35.8 Å². The van der Waals surface area contributed by atoms with Crippen LogP contribution in [0.4, 0.5) is 5.69 Å². The first-order valence-corrected chi connectivity index (χ1v) is 7.72. The van der Waals surface area contributed by atoms with Crippen LogP contribution in [0.3, 0.4) is 0 Å². The van der Waals surface area contributed by atoms with E-state index >= 15 is 0 Å². The number of carbonyl (C=O) groups is 1. The lowest BCUT2D eigenvalue weighted by atomic mass is 10.2. The lowest BCUT2D eigenvalue weighted by Gasteiger charge is -2.11. The number of benzene rings is 1. The molecule has 0 radical (unpaired) electrons. The van der Waals surface area contributed by atoms with E-state index in [4.69, 9.17) is 0 Å². The molecule has 1 aromatic heterocycles. The predicted octanol–water partition coefficient (Wildman–Crippen LogP) is 2.26. The molecule has 0 spiro atoms. The average Bonchev–Trinajstić information content (AvgIpc) is 2.55. The van der Waals surface area contributed by atoms with Crippen molar-refractivity contribution in [2.24, 2.45) is 5.10 Å². The van der Waals surface area contributed by atoms with E-state index in [9.17, 15) is 9.59 Å². The fourth-order valence-electron chi connectivity index (χ4n) is 2.17. The standard InChI is InChI=1S/C18H22N4O2/c1-13(2)22-11-5-6-16(18(22)24)17(23)20-19-12-14-7-9-15(10-8-14)21(3)4/h5-13H,1-4H3,(H,20,23)/b19-12-. The minimum absolute atomic E-state index is 0.0102. The molecule has 0 aliphatic carbocycles. The number of pyridine rings is 1. The smallest absolute Gasteiger partial charge is 0.276 e. The summed E-state index contributed by atoms with van der Waals surface area (Å²) in [6, 6.07) is 10.9. The molecule has 0 unspecified atom stereocenters. The van der Waals surface area contributed by atoms with E-state index in [0.29, 0.717) is 0 Å². The van der Waals surface area contributed by atoms with E-state index in [1.54, 1.807) is 18.5 Å². The number of amides is 1. The van der Waals surface area contributed by atoms with Gasteiger partial charge in [0.15, 0.2) is 0 Å². The van der Waals surface area contributed by atoms with Gasteiger partial charge in [0.25, 0.3) is 11.5 Å². The summed E-state index contributed by atoms with van der Waals surface area (Å²) >= 11 is 0. The molecule has 126 valence electrons. The Morgan fingerprint density at radius 2 is 1.88 bits per heavy atom. The molecule has 0 atom stereocenters. The Labute approximate surface area is 141 Å². The van der Waals surface area contributed by atoms with E-state index in [1.165, 1.54) is 10.6 Å². The Morgan fingerprint density at radius 1 is 1.21 bits per heavy atom. The number of carbonyl (C=O) groups excluding carboxylic acids is 1. The van der Waals surface area contributed by atoms with Gasteiger partial charge < -0.3 is 9.47 Å². The van der Waals surface area contributed by atoms with Crippen molar-refractivity contribution in [1.82, 2.24) is 9.99 Å². The van der Waals surface area contributed by atoms with Crippen LogP contribution in [0, 0.1) is 0 Å². The number of aromatic nitrogens is 1. The minimum atomic E-state index is -0.517. The highest BCUT2D eigenvalue weighted by molar-refractivity contribution is 5.94. The summed E-state index contributed by atoms with van der Waals surface area (Å²) < 4.78 is 1.51. The van der Waals surface area contributed by atoms with Crippen LogP contribution in [0.15, 0.2) is 52.5 Å². The first-order valence-electron chi connectivity index (χ1n) is 7.72. The molecule has 2 rings (SSSR count). The average molecular weight is 326 g/mol. The number of rotatable bonds is 5. The van der Waals surface area contributed by atoms with E-state index in [-0.39, 0.29) is 17.2 Å². The molecule has 0 aliphatic heterocycles. The van der Waals surface area contributed by atoms with E-state index in [1.807, 2.05) is 57.1 Å². The van der Waals surface area contributed by atoms with Gasteiger partial charge in [-0.1, -0.05) is 12.1 Å². The molecule has 6 heteroatoms. The second-order valence-electron chi connectivity index (χ2n) is 5.91. The zero-order valence-corrected chi connectivity index (χ0v) is 14.4. The maximum absolute atomic E-state index is 12.2. The molecular formula is C18H22N4O2. The number of hydrazone groups is 1. The summed E-state index contributed by atoms with van der Waals surface area (Å²) in [5.74, 6) is -0.517. The van der Waals surface area contributed by atoms with Crippen LogP contribution in [0.2, 0.25) is 0 Å². The Morgan fingerprint density at radius 3 is 2.46 bits per heavy atom. The van der Waals surface area contributed by atoms with Crippen LogP contribution in [-0.4, -0.2) is 30.8 Å². The first kappa shape index (κ1) is 17.5. The van der Waals surface area contributed by atoms with E-state index in [0.717, 1.165) is 11.3 Å². The summed E-state index contributed by atoms with van der Waals surface area (Å²) in [6.45, 7) is 3.78. The van der Waals surface area contributed by atoms with Crippen molar-refractivity contribution in [3.8, 4) is 0 Å². The van der Waals surface area contributed by atoms with Crippen molar-refractivity contribution < 1.29 is 4.79 Å². The molecule has 1 aromatic carbocycles. The summed E-state index contributed by atoms with van der Waals surface area (Å²) in [4.78, 5) is 26.4. The normalized spacial score (nSPS) is 11.0. The van der Waals surface area contributed by atoms with Crippen LogP contribution < -0.4 is 15.9 Å². The lowest BCUT2D eigenvalue weighted by Crippen LogP contribution is -2.31. The van der Waals surface area contributed by atoms with Crippen LogP contribution >= 0.6 is 0 Å². The highest BCUT2D eigenvalue weighted by atomic mass is 16.2. The number of hydrogen-bond donors (Lipinski definition) is 1. The van der Waals surface area contributed by atoms with Gasteiger partial charge in [0, 0.05) is 32.0 Å². The predicted molar refractivity (Wildman–Crippen MR) is 96.9 cm³/mol. The van der Waals surface area contributed by atoms with E-state index in [2.05, 4.69) is 10.5 Å². The zero-order valence-electron chi connectivity index (χ0n) is 14.4. The third kappa shape index (κ3) is 4.10. The van der Waals surface area contributed by atoms with Gasteiger partial charge in [-0.25, -0.2) is 5.43 Å². The van der Waals surface area contributed by atoms with Crippen LogP contribution in [-0.2, 0) is 0 Å². The highest BCUT2D eigenvalue weighted by Crippen LogP contribution is 2.10. The SMILES string of the molecule is CC(C)n1cccc(C(=O)N/N=C\c2ccc(N(C)C)cc2)c1=O. The Kier molecular flexibility index (Phi) is 5.52. The third-order valence-electron chi connectivity index (χ3n) is 3.56. The first-order chi connectivity index (χ1) is 11.4. The molecule has 6 nitrogen and oxygen atoms in total. The molecule has 1 heterocycles. The number of anilines is 1. The van der Waals surface area contributed by atoms with Gasteiger partial charge in [-0.05, 0) is 43.7 Å². The van der Waals surface area contributed by atoms with Gasteiger partial charge in [0.1, 0.15) is 5.56 Å². The van der Waals surface area contributed by atoms with E-state index < -0.39 is 5.91 Å². The molecular weight excluding hydrogens is 304 g/mol. The molecule has 24 heavy (non-hydrogen) atoms. The molecule has 0 saturated heterocycles. The molecule has 0 saturated carbocycles. The fourth-order valence-corrected chi connectivity index (χ4v) is 2.17. The largest absolute Gasteiger partial charge is 0.378 e. The summed E-state index contributed by atoms with van der Waals surface area (Å²) in [7, 11) is 3.93. The van der Waals surface area contributed by atoms with Crippen LogP contribution in [0.5, 0.6) is 0 Å². The van der Waals surface area contributed by atoms with Crippen molar-refractivity contribution in [2.45, 2.75) is 19.9 Å². The quantitative estimate of drug-likeness (QED) is 0.677. The number of nitrogens with zero attached hydrogens (tertiary/aromatic N) is 3. The zero-order chi connectivity index (χ0) is 17.7. The molecule has 0 bridgehead atoms. The topological polar surface area (TPSA) is 66.7 Å². The summed E-state index contributed by atoms with van der Waals surface area (Å²) in [5.41, 5.74) is 4.08. The Bertz CT molecular complexity index is 789. The minimum Gasteiger partial charge on any atom is -0.378 e. The van der Waals surface area contributed by atoms with Crippen molar-refractivity contribution in [3.63, 3.8) is 0 Å². The maximum atomic E-state index is 12.2. The fraction of sp³-hybridized carbons (Fsp3) is 0.278. The van der Waals surface area contributed by atoms with Gasteiger partial charge in [-0.15, -0.1) is 0 Å². The van der Waals surface area contributed by atoms with Gasteiger partial charge in [0.05, 0.1) is 6.21 Å². The maximum Gasteiger partial charge on any atom is 0.276 e. The van der Waals surface area contributed by atoms with Gasteiger partial charge in [-0.3, -0.25) is 9.59 Å². The van der Waals surface area contributed by atoms with Crippen molar-refractivity contribution in [2.75, 3.05) is 19.0 Å². The highest BCUT2D eigenvalue weighted by Gasteiger charge is 2.12. The van der Waals surface area contributed by atoms with Crippen molar-refractivity contribution >= 4 is 17.8 Å². The second kappa shape index (κ2) is 7.59. The molecule has 0 aliphatic rings. The molecule has 2 aromatic rings. The monoisotopic (exact) mass is 326 g/mol. The second-order valence-corrected chi connectivity index (χ2v) is 5.91. The van der Waals surface area contributed by atoms with Crippen LogP contribution in [0.25, 0.3) is 0 Å². The molecule has 0 fully saturated rings. The van der Waals surface area contributed by atoms with Crippen molar-refractivity contribution in [3.05, 3.63) is 64.1 Å². The Hall–Kier alpha value is -2.89. The molecule has 1 amide bonds. The number of hydrogen-bond acceptors (Lipinski definition) is 4. The summed E-state index contributed by atoms with van der Waals surface area (Å²) in [6.07, 6.45) is 3.21.